The van der Waals surface area contributed by atoms with Gasteiger partial charge in [0.1, 0.15) is 29.7 Å². The van der Waals surface area contributed by atoms with E-state index in [1.54, 1.807) is 18.2 Å². The van der Waals surface area contributed by atoms with Gasteiger partial charge in [0.25, 0.3) is 0 Å². The summed E-state index contributed by atoms with van der Waals surface area (Å²) in [6, 6.07) is 8.80. The number of hydrogen-bond donors (Lipinski definition) is 2. The van der Waals surface area contributed by atoms with Crippen molar-refractivity contribution in [3.05, 3.63) is 35.0 Å². The van der Waals surface area contributed by atoms with Crippen molar-refractivity contribution in [1.82, 2.24) is 0 Å². The molecule has 20 heavy (non-hydrogen) atoms. The average Bonchev–Trinajstić information content (AvgIpc) is 2.46. The van der Waals surface area contributed by atoms with Gasteiger partial charge in [-0.15, -0.1) is 0 Å². The Hall–Kier alpha value is -3.50. The minimum Gasteiger partial charge on any atom is -0.495 e. The number of aromatic carboxylic acids is 1. The second kappa shape index (κ2) is 6.44. The van der Waals surface area contributed by atoms with Crippen molar-refractivity contribution in [2.75, 3.05) is 12.4 Å². The van der Waals surface area contributed by atoms with Crippen molar-refractivity contribution in [1.29, 1.82) is 15.8 Å². The molecule has 0 amide bonds. The van der Waals surface area contributed by atoms with Crippen molar-refractivity contribution in [2.24, 2.45) is 0 Å². The second-order valence-electron chi connectivity index (χ2n) is 3.43. The van der Waals surface area contributed by atoms with Crippen LogP contribution in [0.4, 0.5) is 5.69 Å². The van der Waals surface area contributed by atoms with Crippen LogP contribution in [0.3, 0.4) is 0 Å². The number of carbonyl (C=O) groups is 1. The Morgan fingerprint density at radius 3 is 2.35 bits per heavy atom. The molecule has 0 fully saturated rings. The summed E-state index contributed by atoms with van der Waals surface area (Å²) in [5.74, 6) is -0.878. The standard InChI is InChI=1S/C13H8N4O3/c1-20-12-3-2-8(13(18)19)4-10(12)17-11(7-16)9(5-14)6-15/h2-4,17H,1H3,(H,18,19). The van der Waals surface area contributed by atoms with Crippen LogP contribution in [0.5, 0.6) is 5.75 Å². The molecule has 98 valence electrons. The molecule has 0 aliphatic heterocycles. The fourth-order valence-electron chi connectivity index (χ4n) is 1.36. The summed E-state index contributed by atoms with van der Waals surface area (Å²) in [7, 11) is 1.37. The molecule has 0 heterocycles. The summed E-state index contributed by atoms with van der Waals surface area (Å²) in [5.41, 5.74) is -0.542. The van der Waals surface area contributed by atoms with E-state index >= 15 is 0 Å². The molecule has 1 rings (SSSR count). The molecular formula is C13H8N4O3. The maximum atomic E-state index is 10.9. The van der Waals surface area contributed by atoms with E-state index in [1.807, 2.05) is 0 Å². The Morgan fingerprint density at radius 2 is 1.90 bits per heavy atom. The zero-order valence-corrected chi connectivity index (χ0v) is 10.3. The number of rotatable bonds is 4. The first-order chi connectivity index (χ1) is 9.57. The van der Waals surface area contributed by atoms with E-state index in [9.17, 15) is 4.79 Å². The fraction of sp³-hybridized carbons (Fsp3) is 0.0769. The Labute approximate surface area is 114 Å². The Morgan fingerprint density at radius 1 is 1.25 bits per heavy atom. The van der Waals surface area contributed by atoms with Crippen LogP contribution in [0.1, 0.15) is 10.4 Å². The highest BCUT2D eigenvalue weighted by atomic mass is 16.5. The first-order valence-electron chi connectivity index (χ1n) is 5.20. The van der Waals surface area contributed by atoms with Crippen molar-refractivity contribution >= 4 is 11.7 Å². The van der Waals surface area contributed by atoms with Crippen LogP contribution in [0.25, 0.3) is 0 Å². The predicted molar refractivity (Wildman–Crippen MR) is 67.4 cm³/mol. The first-order valence-corrected chi connectivity index (χ1v) is 5.20. The summed E-state index contributed by atoms with van der Waals surface area (Å²) in [4.78, 5) is 10.9. The van der Waals surface area contributed by atoms with Gasteiger partial charge in [-0.05, 0) is 18.2 Å². The average molecular weight is 268 g/mol. The summed E-state index contributed by atoms with van der Waals surface area (Å²) < 4.78 is 5.02. The number of anilines is 1. The van der Waals surface area contributed by atoms with Crippen LogP contribution in [-0.4, -0.2) is 18.2 Å². The number of nitrogens with zero attached hydrogens (tertiary/aromatic N) is 3. The number of carboxylic acids is 1. The third-order valence-electron chi connectivity index (χ3n) is 2.29. The number of methoxy groups -OCH3 is 1. The molecule has 0 aliphatic rings. The molecule has 1 aromatic rings. The molecule has 7 heteroatoms. The van der Waals surface area contributed by atoms with Crippen molar-refractivity contribution in [2.45, 2.75) is 0 Å². The van der Waals surface area contributed by atoms with Crippen molar-refractivity contribution in [3.8, 4) is 24.0 Å². The third kappa shape index (κ3) is 3.04. The smallest absolute Gasteiger partial charge is 0.335 e. The van der Waals surface area contributed by atoms with E-state index in [0.717, 1.165) is 0 Å². The SMILES string of the molecule is COc1ccc(C(=O)O)cc1NC(C#N)=C(C#N)C#N. The van der Waals surface area contributed by atoms with Gasteiger partial charge in [-0.1, -0.05) is 0 Å². The van der Waals surface area contributed by atoms with E-state index in [0.29, 0.717) is 0 Å². The van der Waals surface area contributed by atoms with Crippen LogP contribution in [0.2, 0.25) is 0 Å². The van der Waals surface area contributed by atoms with Crippen LogP contribution >= 0.6 is 0 Å². The molecule has 0 radical (unpaired) electrons. The minimum absolute atomic E-state index is 0.0268. The number of ether oxygens (including phenoxy) is 1. The molecule has 1 aromatic carbocycles. The highest BCUT2D eigenvalue weighted by Crippen LogP contribution is 2.27. The molecule has 0 aromatic heterocycles. The van der Waals surface area contributed by atoms with Crippen molar-refractivity contribution in [3.63, 3.8) is 0 Å². The largest absolute Gasteiger partial charge is 0.495 e. The van der Waals surface area contributed by atoms with Gasteiger partial charge in [-0.3, -0.25) is 0 Å². The lowest BCUT2D eigenvalue weighted by atomic mass is 10.1. The predicted octanol–water partition coefficient (Wildman–Crippen LogP) is 1.63. The molecule has 0 atom stereocenters. The summed E-state index contributed by atoms with van der Waals surface area (Å²) in [5, 5.41) is 37.8. The molecular weight excluding hydrogens is 260 g/mol. The van der Waals surface area contributed by atoms with Gasteiger partial charge in [-0.25, -0.2) is 4.79 Å². The second-order valence-corrected chi connectivity index (χ2v) is 3.43. The zero-order chi connectivity index (χ0) is 15.1. The lowest BCUT2D eigenvalue weighted by Crippen LogP contribution is -2.05. The summed E-state index contributed by atoms with van der Waals surface area (Å²) >= 11 is 0. The van der Waals surface area contributed by atoms with Gasteiger partial charge in [-0.2, -0.15) is 15.8 Å². The van der Waals surface area contributed by atoms with E-state index in [4.69, 9.17) is 25.6 Å². The van der Waals surface area contributed by atoms with E-state index in [1.165, 1.54) is 25.3 Å². The Kier molecular flexibility index (Phi) is 4.69. The highest BCUT2D eigenvalue weighted by Gasteiger charge is 2.12. The minimum atomic E-state index is -1.15. The molecule has 2 N–H and O–H groups in total. The molecule has 0 unspecified atom stereocenters. The van der Waals surface area contributed by atoms with E-state index < -0.39 is 11.5 Å². The number of nitrogens with one attached hydrogen (secondary N) is 1. The zero-order valence-electron chi connectivity index (χ0n) is 10.3. The molecule has 7 nitrogen and oxygen atoms in total. The monoisotopic (exact) mass is 268 g/mol. The van der Waals surface area contributed by atoms with Crippen LogP contribution < -0.4 is 10.1 Å². The van der Waals surface area contributed by atoms with Gasteiger partial charge in [0, 0.05) is 0 Å². The number of nitriles is 3. The van der Waals surface area contributed by atoms with Crippen molar-refractivity contribution < 1.29 is 14.6 Å². The summed E-state index contributed by atoms with van der Waals surface area (Å²) in [6.07, 6.45) is 0. The third-order valence-corrected chi connectivity index (χ3v) is 2.29. The number of hydrogen-bond acceptors (Lipinski definition) is 6. The summed E-state index contributed by atoms with van der Waals surface area (Å²) in [6.45, 7) is 0. The van der Waals surface area contributed by atoms with Gasteiger partial charge >= 0.3 is 5.97 Å². The topological polar surface area (TPSA) is 130 Å². The maximum Gasteiger partial charge on any atom is 0.335 e. The quantitative estimate of drug-likeness (QED) is 0.793. The maximum absolute atomic E-state index is 10.9. The first kappa shape index (κ1) is 14.6. The van der Waals surface area contributed by atoms with Crippen LogP contribution in [0, 0.1) is 34.0 Å². The number of benzene rings is 1. The van der Waals surface area contributed by atoms with Gasteiger partial charge in [0.15, 0.2) is 5.57 Å². The van der Waals surface area contributed by atoms with E-state index in [2.05, 4.69) is 5.32 Å². The van der Waals surface area contributed by atoms with E-state index in [-0.39, 0.29) is 22.7 Å². The molecule has 0 aliphatic carbocycles. The lowest BCUT2D eigenvalue weighted by molar-refractivity contribution is 0.0697. The molecule has 0 saturated heterocycles. The van der Waals surface area contributed by atoms with Crippen LogP contribution in [0.15, 0.2) is 29.5 Å². The Bertz CT molecular complexity index is 686. The fourth-order valence-corrected chi connectivity index (χ4v) is 1.36. The molecule has 0 saturated carbocycles. The Balaban J connectivity index is 3.34. The molecule has 0 bridgehead atoms. The normalized spacial score (nSPS) is 8.50. The number of allylic oxidation sites excluding steroid dienone is 2. The van der Waals surface area contributed by atoms with Crippen LogP contribution in [-0.2, 0) is 0 Å². The van der Waals surface area contributed by atoms with Gasteiger partial charge in [0.2, 0.25) is 0 Å². The molecule has 0 spiro atoms. The highest BCUT2D eigenvalue weighted by molar-refractivity contribution is 5.89. The number of carboxylic acid groups (broad SMARTS) is 1. The van der Waals surface area contributed by atoms with Gasteiger partial charge < -0.3 is 15.2 Å². The lowest BCUT2D eigenvalue weighted by Gasteiger charge is -2.11. The van der Waals surface area contributed by atoms with Gasteiger partial charge in [0.05, 0.1) is 18.4 Å².